The highest BCUT2D eigenvalue weighted by Crippen LogP contribution is 2.31. The lowest BCUT2D eigenvalue weighted by Crippen LogP contribution is -2.32. The lowest BCUT2D eigenvalue weighted by molar-refractivity contribution is 0.0557. The second kappa shape index (κ2) is 7.52. The van der Waals surface area contributed by atoms with Crippen LogP contribution < -0.4 is 0 Å². The van der Waals surface area contributed by atoms with Gasteiger partial charge in [0.05, 0.1) is 20.8 Å². The molecule has 0 bridgehead atoms. The zero-order chi connectivity index (χ0) is 17.8. The number of hydrogen-bond acceptors (Lipinski definition) is 8. The molecule has 1 aliphatic heterocycles. The molecule has 134 valence electrons. The van der Waals surface area contributed by atoms with Crippen LogP contribution in [0.5, 0.6) is 0 Å². The third-order valence-corrected chi connectivity index (χ3v) is 4.36. The van der Waals surface area contributed by atoms with Crippen molar-refractivity contribution in [2.75, 3.05) is 27.3 Å². The van der Waals surface area contributed by atoms with E-state index < -0.39 is 11.9 Å². The number of carbonyl (C=O) groups is 2. The first-order chi connectivity index (χ1) is 12.1. The van der Waals surface area contributed by atoms with E-state index >= 15 is 0 Å². The summed E-state index contributed by atoms with van der Waals surface area (Å²) in [6.45, 7) is 2.25. The number of oxazole rings is 1. The molecule has 0 N–H and O–H groups in total. The highest BCUT2D eigenvalue weighted by atomic mass is 16.5. The second-order valence-electron chi connectivity index (χ2n) is 5.86. The Morgan fingerprint density at radius 2 is 1.92 bits per heavy atom. The molecule has 0 saturated carbocycles. The lowest BCUT2D eigenvalue weighted by Gasteiger charge is -2.30. The number of nitrogens with zero attached hydrogens (tertiary/aromatic N) is 2. The predicted octanol–water partition coefficient (Wildman–Crippen LogP) is 2.22. The quantitative estimate of drug-likeness (QED) is 0.759. The van der Waals surface area contributed by atoms with Crippen LogP contribution in [0.25, 0.3) is 0 Å². The minimum Gasteiger partial charge on any atom is -0.464 e. The smallest absolute Gasteiger partial charge is 0.373 e. The lowest BCUT2D eigenvalue weighted by atomic mass is 9.93. The molecule has 0 aliphatic carbocycles. The van der Waals surface area contributed by atoms with Crippen molar-refractivity contribution in [2.45, 2.75) is 25.3 Å². The summed E-state index contributed by atoms with van der Waals surface area (Å²) in [6, 6.07) is 3.40. The van der Waals surface area contributed by atoms with Gasteiger partial charge in [0.2, 0.25) is 5.76 Å². The number of likely N-dealkylation sites (tertiary alicyclic amines) is 1. The van der Waals surface area contributed by atoms with Crippen LogP contribution in [-0.2, 0) is 16.0 Å². The molecule has 1 saturated heterocycles. The van der Waals surface area contributed by atoms with Crippen LogP contribution in [0.15, 0.2) is 27.4 Å². The Morgan fingerprint density at radius 1 is 1.20 bits per heavy atom. The molecule has 3 rings (SSSR count). The van der Waals surface area contributed by atoms with Crippen molar-refractivity contribution >= 4 is 11.9 Å². The average molecular weight is 348 g/mol. The van der Waals surface area contributed by atoms with Crippen molar-refractivity contribution in [1.29, 1.82) is 0 Å². The van der Waals surface area contributed by atoms with Crippen LogP contribution in [-0.4, -0.2) is 49.1 Å². The summed E-state index contributed by atoms with van der Waals surface area (Å²) in [5.74, 6) is 0.695. The van der Waals surface area contributed by atoms with E-state index in [1.165, 1.54) is 20.6 Å². The number of hydrogen-bond donors (Lipinski definition) is 0. The molecular weight excluding hydrogens is 328 g/mol. The van der Waals surface area contributed by atoms with Crippen molar-refractivity contribution < 1.29 is 27.9 Å². The molecule has 2 aromatic rings. The van der Waals surface area contributed by atoms with Crippen LogP contribution in [0, 0.1) is 0 Å². The van der Waals surface area contributed by atoms with E-state index in [0.717, 1.165) is 25.9 Å². The number of carbonyl (C=O) groups excluding carboxylic acids is 2. The number of ether oxygens (including phenoxy) is 2. The van der Waals surface area contributed by atoms with Crippen LogP contribution in [0.3, 0.4) is 0 Å². The fraction of sp³-hybridized carbons (Fsp3) is 0.471. The molecule has 3 heterocycles. The van der Waals surface area contributed by atoms with Gasteiger partial charge in [-0.05, 0) is 38.1 Å². The Morgan fingerprint density at radius 3 is 2.60 bits per heavy atom. The molecule has 0 radical (unpaired) electrons. The van der Waals surface area contributed by atoms with Crippen molar-refractivity contribution in [3.8, 4) is 0 Å². The summed E-state index contributed by atoms with van der Waals surface area (Å²) in [4.78, 5) is 29.3. The van der Waals surface area contributed by atoms with Gasteiger partial charge in [-0.1, -0.05) is 0 Å². The van der Waals surface area contributed by atoms with E-state index in [1.807, 2.05) is 0 Å². The van der Waals surface area contributed by atoms with Gasteiger partial charge in [0.25, 0.3) is 0 Å². The Hall–Kier alpha value is -2.61. The molecule has 25 heavy (non-hydrogen) atoms. The summed E-state index contributed by atoms with van der Waals surface area (Å²) in [5, 5.41) is 0. The number of methoxy groups -OCH3 is 2. The van der Waals surface area contributed by atoms with Gasteiger partial charge in [0.15, 0.2) is 12.1 Å². The average Bonchev–Trinajstić information content (AvgIpc) is 3.30. The van der Waals surface area contributed by atoms with E-state index in [0.29, 0.717) is 18.1 Å². The highest BCUT2D eigenvalue weighted by molar-refractivity contribution is 5.88. The number of furan rings is 1. The predicted molar refractivity (Wildman–Crippen MR) is 85.1 cm³/mol. The maximum absolute atomic E-state index is 11.7. The zero-order valence-electron chi connectivity index (χ0n) is 14.2. The largest absolute Gasteiger partial charge is 0.464 e. The van der Waals surface area contributed by atoms with Crippen LogP contribution >= 0.6 is 0 Å². The first-order valence-corrected chi connectivity index (χ1v) is 8.03. The van der Waals surface area contributed by atoms with Crippen LogP contribution in [0.2, 0.25) is 0 Å². The fourth-order valence-electron chi connectivity index (χ4n) is 3.04. The number of esters is 2. The van der Waals surface area contributed by atoms with E-state index in [4.69, 9.17) is 13.6 Å². The maximum atomic E-state index is 11.7. The van der Waals surface area contributed by atoms with E-state index in [2.05, 4.69) is 14.6 Å². The first-order valence-electron chi connectivity index (χ1n) is 8.03. The summed E-state index contributed by atoms with van der Waals surface area (Å²) in [5.41, 5.74) is 0.259. The Balaban J connectivity index is 1.57. The zero-order valence-corrected chi connectivity index (χ0v) is 14.2. The molecule has 2 aromatic heterocycles. The molecule has 0 aromatic carbocycles. The van der Waals surface area contributed by atoms with Gasteiger partial charge in [-0.2, -0.15) is 0 Å². The Labute approximate surface area is 144 Å². The van der Waals surface area contributed by atoms with Gasteiger partial charge in [-0.3, -0.25) is 4.90 Å². The minimum absolute atomic E-state index is 0.134. The highest BCUT2D eigenvalue weighted by Gasteiger charge is 2.29. The minimum atomic E-state index is -0.481. The third kappa shape index (κ3) is 3.74. The van der Waals surface area contributed by atoms with Crippen molar-refractivity contribution in [3.63, 3.8) is 0 Å². The standard InChI is InChI=1S/C17H20N2O6/c1-22-16(20)13-4-3-12(25-13)9-19-7-5-11(6-8-19)15-14(17(21)23-2)18-10-24-15/h3-4,10-11H,5-9H2,1-2H3. The summed E-state index contributed by atoms with van der Waals surface area (Å²) in [6.07, 6.45) is 2.96. The van der Waals surface area contributed by atoms with Gasteiger partial charge in [0.1, 0.15) is 11.5 Å². The molecule has 0 spiro atoms. The molecule has 1 aliphatic rings. The van der Waals surface area contributed by atoms with Gasteiger partial charge in [0, 0.05) is 5.92 Å². The van der Waals surface area contributed by atoms with Crippen molar-refractivity contribution in [2.24, 2.45) is 0 Å². The van der Waals surface area contributed by atoms with Crippen LogP contribution in [0.4, 0.5) is 0 Å². The van der Waals surface area contributed by atoms with Gasteiger partial charge >= 0.3 is 11.9 Å². The monoisotopic (exact) mass is 348 g/mol. The molecule has 8 nitrogen and oxygen atoms in total. The molecule has 0 atom stereocenters. The van der Waals surface area contributed by atoms with Gasteiger partial charge in [-0.25, -0.2) is 14.6 Å². The summed E-state index contributed by atoms with van der Waals surface area (Å²) in [7, 11) is 2.65. The molecule has 0 unspecified atom stereocenters. The number of rotatable bonds is 5. The summed E-state index contributed by atoms with van der Waals surface area (Å²) >= 11 is 0. The number of aromatic nitrogens is 1. The first kappa shape index (κ1) is 17.2. The third-order valence-electron chi connectivity index (χ3n) is 4.36. The Bertz CT molecular complexity index is 742. The van der Waals surface area contributed by atoms with Crippen LogP contribution in [0.1, 0.15) is 51.3 Å². The van der Waals surface area contributed by atoms with Gasteiger partial charge < -0.3 is 18.3 Å². The normalized spacial score (nSPS) is 15.9. The second-order valence-corrected chi connectivity index (χ2v) is 5.86. The molecule has 0 amide bonds. The topological polar surface area (TPSA) is 95.0 Å². The van der Waals surface area contributed by atoms with E-state index in [-0.39, 0.29) is 17.4 Å². The van der Waals surface area contributed by atoms with Crippen molar-refractivity contribution in [1.82, 2.24) is 9.88 Å². The fourth-order valence-corrected chi connectivity index (χ4v) is 3.04. The number of piperidine rings is 1. The van der Waals surface area contributed by atoms with Gasteiger partial charge in [-0.15, -0.1) is 0 Å². The maximum Gasteiger partial charge on any atom is 0.373 e. The Kier molecular flexibility index (Phi) is 5.18. The molecular formula is C17H20N2O6. The summed E-state index contributed by atoms with van der Waals surface area (Å²) < 4.78 is 20.3. The SMILES string of the molecule is COC(=O)c1ccc(CN2CCC(c3ocnc3C(=O)OC)CC2)o1. The molecule has 8 heteroatoms. The van der Waals surface area contributed by atoms with E-state index in [1.54, 1.807) is 12.1 Å². The van der Waals surface area contributed by atoms with Crippen molar-refractivity contribution in [3.05, 3.63) is 41.5 Å². The molecule has 1 fully saturated rings. The van der Waals surface area contributed by atoms with E-state index in [9.17, 15) is 9.59 Å².